The van der Waals surface area contributed by atoms with Crippen LogP contribution in [-0.4, -0.2) is 64.2 Å². The third-order valence-corrected chi connectivity index (χ3v) is 5.14. The lowest BCUT2D eigenvalue weighted by atomic mass is 9.94. The van der Waals surface area contributed by atoms with Crippen molar-refractivity contribution < 1.29 is 9.53 Å². The number of nitrogens with zero attached hydrogens (tertiary/aromatic N) is 3. The van der Waals surface area contributed by atoms with Gasteiger partial charge in [0.05, 0.1) is 22.9 Å². The molecule has 6 nitrogen and oxygen atoms in total. The van der Waals surface area contributed by atoms with Crippen LogP contribution in [0.5, 0.6) is 0 Å². The van der Waals surface area contributed by atoms with Crippen molar-refractivity contribution in [3.8, 4) is 0 Å². The van der Waals surface area contributed by atoms with E-state index in [4.69, 9.17) is 4.74 Å². The van der Waals surface area contributed by atoms with Gasteiger partial charge in [0.2, 0.25) is 0 Å². The number of hydrogen-bond acceptors (Lipinski definition) is 4. The van der Waals surface area contributed by atoms with Crippen LogP contribution in [0.15, 0.2) is 24.4 Å². The molecular weight excluding hydrogens is 316 g/mol. The largest absolute Gasteiger partial charge is 0.367 e. The van der Waals surface area contributed by atoms with Gasteiger partial charge < -0.3 is 15.0 Å². The SMILES string of the molecule is CC1(C)C[C@@H](NC(=O)N2CCN(Cc3ccccn3)CC2)C(C)(C)O1. The highest BCUT2D eigenvalue weighted by Gasteiger charge is 2.46. The van der Waals surface area contributed by atoms with Crippen LogP contribution in [0.4, 0.5) is 4.79 Å². The number of pyridine rings is 1. The normalized spacial score (nSPS) is 25.8. The predicted octanol–water partition coefficient (Wildman–Crippen LogP) is 2.25. The molecule has 1 aromatic rings. The number of piperazine rings is 1. The highest BCUT2D eigenvalue weighted by molar-refractivity contribution is 5.75. The van der Waals surface area contributed by atoms with E-state index in [9.17, 15) is 4.79 Å². The number of rotatable bonds is 3. The molecule has 0 aromatic carbocycles. The zero-order valence-corrected chi connectivity index (χ0v) is 15.8. The van der Waals surface area contributed by atoms with E-state index in [1.54, 1.807) is 0 Å². The first-order chi connectivity index (χ1) is 11.8. The fourth-order valence-electron chi connectivity index (χ4n) is 3.86. The third-order valence-electron chi connectivity index (χ3n) is 5.14. The molecule has 2 fully saturated rings. The molecular formula is C19H30N4O2. The first kappa shape index (κ1) is 18.1. The van der Waals surface area contributed by atoms with Gasteiger partial charge in [-0.2, -0.15) is 0 Å². The minimum absolute atomic E-state index is 0.0249. The second kappa shape index (κ2) is 6.92. The monoisotopic (exact) mass is 346 g/mol. The molecule has 3 rings (SSSR count). The van der Waals surface area contributed by atoms with Gasteiger partial charge in [-0.05, 0) is 46.2 Å². The molecule has 0 aliphatic carbocycles. The van der Waals surface area contributed by atoms with Crippen LogP contribution in [-0.2, 0) is 11.3 Å². The van der Waals surface area contributed by atoms with Gasteiger partial charge in [-0.1, -0.05) is 6.07 Å². The fraction of sp³-hybridized carbons (Fsp3) is 0.684. The van der Waals surface area contributed by atoms with Crippen molar-refractivity contribution in [2.24, 2.45) is 0 Å². The number of amides is 2. The van der Waals surface area contributed by atoms with Crippen molar-refractivity contribution in [1.29, 1.82) is 0 Å². The molecule has 1 atom stereocenters. The summed E-state index contributed by atoms with van der Waals surface area (Å²) in [5, 5.41) is 3.19. The quantitative estimate of drug-likeness (QED) is 0.912. The Morgan fingerprint density at radius 1 is 1.24 bits per heavy atom. The van der Waals surface area contributed by atoms with Crippen LogP contribution in [0.2, 0.25) is 0 Å². The molecule has 0 saturated carbocycles. The molecule has 2 aliphatic rings. The molecule has 3 heterocycles. The van der Waals surface area contributed by atoms with Crippen LogP contribution in [0, 0.1) is 0 Å². The van der Waals surface area contributed by atoms with Crippen LogP contribution in [0.3, 0.4) is 0 Å². The molecule has 0 bridgehead atoms. The zero-order chi connectivity index (χ0) is 18.1. The summed E-state index contributed by atoms with van der Waals surface area (Å²) in [7, 11) is 0. The second-order valence-electron chi connectivity index (χ2n) is 8.26. The lowest BCUT2D eigenvalue weighted by molar-refractivity contribution is -0.0693. The molecule has 1 aromatic heterocycles. The van der Waals surface area contributed by atoms with Gasteiger partial charge in [-0.25, -0.2) is 4.79 Å². The van der Waals surface area contributed by atoms with Crippen molar-refractivity contribution in [2.75, 3.05) is 26.2 Å². The van der Waals surface area contributed by atoms with Crippen LogP contribution in [0.1, 0.15) is 39.8 Å². The third kappa shape index (κ3) is 4.50. The summed E-state index contributed by atoms with van der Waals surface area (Å²) in [6, 6.07) is 6.06. The average Bonchev–Trinajstić information content (AvgIpc) is 2.75. The van der Waals surface area contributed by atoms with E-state index >= 15 is 0 Å². The van der Waals surface area contributed by atoms with Gasteiger partial charge >= 0.3 is 6.03 Å². The molecule has 0 unspecified atom stereocenters. The molecule has 138 valence electrons. The average molecular weight is 346 g/mol. The predicted molar refractivity (Wildman–Crippen MR) is 97.3 cm³/mol. The summed E-state index contributed by atoms with van der Waals surface area (Å²) in [6.07, 6.45) is 2.66. The Bertz CT molecular complexity index is 595. The summed E-state index contributed by atoms with van der Waals surface area (Å²) in [5.41, 5.74) is 0.551. The minimum atomic E-state index is -0.333. The number of hydrogen-bond donors (Lipinski definition) is 1. The summed E-state index contributed by atoms with van der Waals surface area (Å²) in [4.78, 5) is 21.3. The maximum absolute atomic E-state index is 12.6. The molecule has 25 heavy (non-hydrogen) atoms. The highest BCUT2D eigenvalue weighted by Crippen LogP contribution is 2.37. The summed E-state index contributed by atoms with van der Waals surface area (Å²) >= 11 is 0. The number of carbonyl (C=O) groups excluding carboxylic acids is 1. The summed E-state index contributed by atoms with van der Waals surface area (Å²) in [5.74, 6) is 0. The molecule has 6 heteroatoms. The van der Waals surface area contributed by atoms with Crippen LogP contribution >= 0.6 is 0 Å². The number of carbonyl (C=O) groups is 1. The Labute approximate surface area is 150 Å². The number of ether oxygens (including phenoxy) is 1. The topological polar surface area (TPSA) is 57.7 Å². The lowest BCUT2D eigenvalue weighted by Gasteiger charge is -2.36. The summed E-state index contributed by atoms with van der Waals surface area (Å²) in [6.45, 7) is 12.4. The van der Waals surface area contributed by atoms with E-state index in [2.05, 4.69) is 42.9 Å². The second-order valence-corrected chi connectivity index (χ2v) is 8.26. The van der Waals surface area contributed by atoms with Gasteiger partial charge in [0.1, 0.15) is 0 Å². The van der Waals surface area contributed by atoms with Gasteiger partial charge in [0.15, 0.2) is 0 Å². The van der Waals surface area contributed by atoms with E-state index < -0.39 is 0 Å². The van der Waals surface area contributed by atoms with Crippen molar-refractivity contribution in [1.82, 2.24) is 20.1 Å². The maximum Gasteiger partial charge on any atom is 0.317 e. The van der Waals surface area contributed by atoms with E-state index in [1.165, 1.54) is 0 Å². The Morgan fingerprint density at radius 3 is 2.52 bits per heavy atom. The minimum Gasteiger partial charge on any atom is -0.367 e. The highest BCUT2D eigenvalue weighted by atomic mass is 16.5. The Morgan fingerprint density at radius 2 is 1.96 bits per heavy atom. The smallest absolute Gasteiger partial charge is 0.317 e. The zero-order valence-electron chi connectivity index (χ0n) is 15.8. The molecule has 2 saturated heterocycles. The van der Waals surface area contributed by atoms with Gasteiger partial charge in [0, 0.05) is 38.9 Å². The Hall–Kier alpha value is -1.66. The van der Waals surface area contributed by atoms with Crippen molar-refractivity contribution in [3.05, 3.63) is 30.1 Å². The molecule has 0 radical (unpaired) electrons. The maximum atomic E-state index is 12.6. The van der Waals surface area contributed by atoms with Crippen LogP contribution in [0.25, 0.3) is 0 Å². The molecule has 2 aliphatic heterocycles. The lowest BCUT2D eigenvalue weighted by Crippen LogP contribution is -2.55. The van der Waals surface area contributed by atoms with Crippen molar-refractivity contribution >= 4 is 6.03 Å². The van der Waals surface area contributed by atoms with E-state index in [0.29, 0.717) is 0 Å². The van der Waals surface area contributed by atoms with Gasteiger partial charge in [-0.3, -0.25) is 9.88 Å². The first-order valence-electron chi connectivity index (χ1n) is 9.13. The Kier molecular flexibility index (Phi) is 5.02. The van der Waals surface area contributed by atoms with Gasteiger partial charge in [0.25, 0.3) is 0 Å². The molecule has 2 amide bonds. The number of nitrogens with one attached hydrogen (secondary N) is 1. The molecule has 1 N–H and O–H groups in total. The molecule has 0 spiro atoms. The summed E-state index contributed by atoms with van der Waals surface area (Å²) < 4.78 is 6.07. The van der Waals surface area contributed by atoms with E-state index in [0.717, 1.165) is 44.8 Å². The van der Waals surface area contributed by atoms with Crippen molar-refractivity contribution in [2.45, 2.75) is 57.9 Å². The first-order valence-corrected chi connectivity index (χ1v) is 9.13. The standard InChI is InChI=1S/C19H30N4O2/c1-18(2)13-16(19(3,4)25-18)21-17(24)23-11-9-22(10-12-23)14-15-7-5-6-8-20-15/h5-8,16H,9-14H2,1-4H3,(H,21,24)/t16-/m1/s1. The van der Waals surface area contributed by atoms with Gasteiger partial charge in [-0.15, -0.1) is 0 Å². The van der Waals surface area contributed by atoms with Crippen LogP contribution < -0.4 is 5.32 Å². The van der Waals surface area contributed by atoms with E-state index in [-0.39, 0.29) is 23.3 Å². The van der Waals surface area contributed by atoms with E-state index in [1.807, 2.05) is 29.3 Å². The number of urea groups is 1. The fourth-order valence-corrected chi connectivity index (χ4v) is 3.86. The Balaban J connectivity index is 1.49. The number of aromatic nitrogens is 1. The van der Waals surface area contributed by atoms with Crippen molar-refractivity contribution in [3.63, 3.8) is 0 Å².